The van der Waals surface area contributed by atoms with Crippen molar-refractivity contribution < 1.29 is 22.7 Å². The molecule has 1 aliphatic rings. The van der Waals surface area contributed by atoms with Gasteiger partial charge in [-0.3, -0.25) is 4.79 Å². The van der Waals surface area contributed by atoms with Gasteiger partial charge in [0.05, 0.1) is 6.04 Å². The van der Waals surface area contributed by atoms with Crippen molar-refractivity contribution in [1.82, 2.24) is 10.6 Å². The van der Waals surface area contributed by atoms with Crippen LogP contribution in [0.4, 0.5) is 13.2 Å². The lowest BCUT2D eigenvalue weighted by Gasteiger charge is -2.22. The van der Waals surface area contributed by atoms with Crippen molar-refractivity contribution in [2.45, 2.75) is 44.8 Å². The predicted molar refractivity (Wildman–Crippen MR) is 89.4 cm³/mol. The van der Waals surface area contributed by atoms with Gasteiger partial charge in [0.2, 0.25) is 5.91 Å². The lowest BCUT2D eigenvalue weighted by Crippen LogP contribution is -2.30. The van der Waals surface area contributed by atoms with Gasteiger partial charge in [0.25, 0.3) is 0 Å². The van der Waals surface area contributed by atoms with Crippen LogP contribution >= 0.6 is 0 Å². The molecule has 1 aromatic rings. The number of ether oxygens (including phenoxy) is 1. The average molecular weight is 358 g/mol. The Bertz CT molecular complexity index is 540. The molecule has 1 saturated heterocycles. The molecule has 4 nitrogen and oxygen atoms in total. The van der Waals surface area contributed by atoms with Gasteiger partial charge in [-0.1, -0.05) is 12.1 Å². The van der Waals surface area contributed by atoms with Crippen LogP contribution in [0.25, 0.3) is 0 Å². The number of rotatable bonds is 7. The largest absolute Gasteiger partial charge is 0.484 e. The standard InChI is InChI=1S/C18H25F3N2O2/c1-13(23-17(24)7-2-14-8-10-22-11-9-14)15-3-5-16(6-4-15)25-12-18(19,20)21/h3-6,13-14,22H,2,7-12H2,1H3,(H,23,24). The molecule has 140 valence electrons. The zero-order chi connectivity index (χ0) is 18.3. The van der Waals surface area contributed by atoms with Crippen LogP contribution in [0.15, 0.2) is 24.3 Å². The van der Waals surface area contributed by atoms with Gasteiger partial charge in [0.15, 0.2) is 6.61 Å². The van der Waals surface area contributed by atoms with E-state index in [1.54, 1.807) is 12.1 Å². The van der Waals surface area contributed by atoms with E-state index in [9.17, 15) is 18.0 Å². The van der Waals surface area contributed by atoms with Crippen molar-refractivity contribution in [1.29, 1.82) is 0 Å². The Labute approximate surface area is 146 Å². The van der Waals surface area contributed by atoms with Crippen LogP contribution in [-0.2, 0) is 4.79 Å². The highest BCUT2D eigenvalue weighted by Gasteiger charge is 2.28. The molecule has 2 rings (SSSR count). The lowest BCUT2D eigenvalue weighted by atomic mass is 9.93. The summed E-state index contributed by atoms with van der Waals surface area (Å²) in [6.45, 7) is 2.58. The monoisotopic (exact) mass is 358 g/mol. The number of halogens is 3. The Balaban J connectivity index is 1.75. The van der Waals surface area contributed by atoms with Crippen molar-refractivity contribution in [2.75, 3.05) is 19.7 Å². The van der Waals surface area contributed by atoms with E-state index in [0.717, 1.165) is 37.9 Å². The van der Waals surface area contributed by atoms with E-state index >= 15 is 0 Å². The van der Waals surface area contributed by atoms with Gasteiger partial charge >= 0.3 is 6.18 Å². The number of piperidine rings is 1. The van der Waals surface area contributed by atoms with E-state index < -0.39 is 12.8 Å². The molecule has 25 heavy (non-hydrogen) atoms. The predicted octanol–water partition coefficient (Wildman–Crippen LogP) is 3.58. The highest BCUT2D eigenvalue weighted by molar-refractivity contribution is 5.76. The first-order valence-corrected chi connectivity index (χ1v) is 8.63. The minimum absolute atomic E-state index is 0.00318. The molecule has 0 spiro atoms. The van der Waals surface area contributed by atoms with Gasteiger partial charge in [-0.15, -0.1) is 0 Å². The van der Waals surface area contributed by atoms with Gasteiger partial charge in [0.1, 0.15) is 5.75 Å². The second-order valence-electron chi connectivity index (χ2n) is 6.49. The first-order chi connectivity index (χ1) is 11.8. The maximum absolute atomic E-state index is 12.1. The van der Waals surface area contributed by atoms with Crippen molar-refractivity contribution >= 4 is 5.91 Å². The Kier molecular flexibility index (Phi) is 7.11. The smallest absolute Gasteiger partial charge is 0.422 e. The molecule has 1 unspecified atom stereocenters. The number of hydrogen-bond acceptors (Lipinski definition) is 3. The summed E-state index contributed by atoms with van der Waals surface area (Å²) in [5.74, 6) is 0.765. The van der Waals surface area contributed by atoms with E-state index in [1.807, 2.05) is 6.92 Å². The Morgan fingerprint density at radius 3 is 2.52 bits per heavy atom. The second-order valence-corrected chi connectivity index (χ2v) is 6.49. The van der Waals surface area contributed by atoms with Gasteiger partial charge in [-0.05, 0) is 62.9 Å². The summed E-state index contributed by atoms with van der Waals surface area (Å²) >= 11 is 0. The zero-order valence-corrected chi connectivity index (χ0v) is 14.4. The summed E-state index contributed by atoms with van der Waals surface area (Å²) in [4.78, 5) is 12.1. The Morgan fingerprint density at radius 2 is 1.92 bits per heavy atom. The number of alkyl halides is 3. The van der Waals surface area contributed by atoms with Gasteiger partial charge in [0, 0.05) is 6.42 Å². The molecule has 1 aliphatic heterocycles. The van der Waals surface area contributed by atoms with E-state index in [0.29, 0.717) is 12.3 Å². The molecular weight excluding hydrogens is 333 g/mol. The Hall–Kier alpha value is -1.76. The number of nitrogens with one attached hydrogen (secondary N) is 2. The molecule has 1 amide bonds. The van der Waals surface area contributed by atoms with E-state index in [2.05, 4.69) is 15.4 Å². The highest BCUT2D eigenvalue weighted by atomic mass is 19.4. The third kappa shape index (κ3) is 7.34. The molecule has 2 N–H and O–H groups in total. The molecule has 0 radical (unpaired) electrons. The fraction of sp³-hybridized carbons (Fsp3) is 0.611. The molecule has 1 atom stereocenters. The SMILES string of the molecule is CC(NC(=O)CCC1CCNCC1)c1ccc(OCC(F)(F)F)cc1. The quantitative estimate of drug-likeness (QED) is 0.783. The fourth-order valence-electron chi connectivity index (χ4n) is 2.92. The lowest BCUT2D eigenvalue weighted by molar-refractivity contribution is -0.153. The first kappa shape index (κ1) is 19.6. The first-order valence-electron chi connectivity index (χ1n) is 8.63. The molecular formula is C18H25F3N2O2. The van der Waals surface area contributed by atoms with Gasteiger partial charge in [-0.2, -0.15) is 13.2 Å². The van der Waals surface area contributed by atoms with Crippen molar-refractivity contribution in [2.24, 2.45) is 5.92 Å². The molecule has 7 heteroatoms. The van der Waals surface area contributed by atoms with Crippen LogP contribution in [0.2, 0.25) is 0 Å². The van der Waals surface area contributed by atoms with Gasteiger partial charge < -0.3 is 15.4 Å². The average Bonchev–Trinajstić information content (AvgIpc) is 2.59. The third-order valence-corrected chi connectivity index (χ3v) is 4.40. The topological polar surface area (TPSA) is 50.4 Å². The van der Waals surface area contributed by atoms with Crippen LogP contribution in [0.5, 0.6) is 5.75 Å². The van der Waals surface area contributed by atoms with E-state index in [-0.39, 0.29) is 17.7 Å². The summed E-state index contributed by atoms with van der Waals surface area (Å²) in [7, 11) is 0. The molecule has 1 aromatic carbocycles. The van der Waals surface area contributed by atoms with Crippen LogP contribution in [0.3, 0.4) is 0 Å². The molecule has 0 aromatic heterocycles. The summed E-state index contributed by atoms with van der Waals surface area (Å²) in [5.41, 5.74) is 0.828. The molecule has 0 bridgehead atoms. The second kappa shape index (κ2) is 9.08. The summed E-state index contributed by atoms with van der Waals surface area (Å²) in [6.07, 6.45) is -0.731. The van der Waals surface area contributed by atoms with Crippen molar-refractivity contribution in [3.05, 3.63) is 29.8 Å². The molecule has 0 aliphatic carbocycles. The number of carbonyl (C=O) groups is 1. The number of hydrogen-bond donors (Lipinski definition) is 2. The normalized spacial score (nSPS) is 17.1. The summed E-state index contributed by atoms with van der Waals surface area (Å²) < 4.78 is 41.0. The number of benzene rings is 1. The van der Waals surface area contributed by atoms with Gasteiger partial charge in [-0.25, -0.2) is 0 Å². The van der Waals surface area contributed by atoms with Crippen LogP contribution in [0, 0.1) is 5.92 Å². The minimum atomic E-state index is -4.35. The maximum Gasteiger partial charge on any atom is 0.422 e. The molecule has 1 heterocycles. The van der Waals surface area contributed by atoms with Crippen molar-refractivity contribution in [3.8, 4) is 5.75 Å². The van der Waals surface area contributed by atoms with Crippen LogP contribution in [0.1, 0.15) is 44.2 Å². The maximum atomic E-state index is 12.1. The number of amides is 1. The molecule has 1 fully saturated rings. The Morgan fingerprint density at radius 1 is 1.28 bits per heavy atom. The highest BCUT2D eigenvalue weighted by Crippen LogP contribution is 2.22. The fourth-order valence-corrected chi connectivity index (χ4v) is 2.92. The van der Waals surface area contributed by atoms with Crippen molar-refractivity contribution in [3.63, 3.8) is 0 Å². The summed E-state index contributed by atoms with van der Waals surface area (Å²) in [6, 6.07) is 6.11. The van der Waals surface area contributed by atoms with Crippen LogP contribution < -0.4 is 15.4 Å². The van der Waals surface area contributed by atoms with Crippen LogP contribution in [-0.4, -0.2) is 31.8 Å². The third-order valence-electron chi connectivity index (χ3n) is 4.40. The molecule has 0 saturated carbocycles. The summed E-state index contributed by atoms with van der Waals surface area (Å²) in [5, 5.41) is 6.24. The zero-order valence-electron chi connectivity index (χ0n) is 14.4. The van der Waals surface area contributed by atoms with E-state index in [1.165, 1.54) is 12.1 Å². The minimum Gasteiger partial charge on any atom is -0.484 e. The van der Waals surface area contributed by atoms with E-state index in [4.69, 9.17) is 0 Å². The number of carbonyl (C=O) groups excluding carboxylic acids is 1.